The van der Waals surface area contributed by atoms with Crippen LogP contribution in [-0.2, 0) is 14.8 Å². The van der Waals surface area contributed by atoms with Crippen LogP contribution < -0.4 is 10.5 Å². The van der Waals surface area contributed by atoms with Gasteiger partial charge < -0.3 is 10.8 Å². The van der Waals surface area contributed by atoms with Crippen molar-refractivity contribution in [1.82, 2.24) is 4.72 Å². The number of carboxylic acids is 1. The number of benzene rings is 1. The summed E-state index contributed by atoms with van der Waals surface area (Å²) < 4.78 is 26.3. The average molecular weight is 318 g/mol. The standard InChI is InChI=1S/C12H18N2O4S2/c1-9-2-4-10(5-3-9)20(17,18)14-6-7-19-8-11(13)12(15)16/h2-5,11,14H,6-8,13H2,1H3,(H,15,16)/t11-/m0/s1. The Hall–Kier alpha value is -1.09. The van der Waals surface area contributed by atoms with Crippen molar-refractivity contribution in [2.75, 3.05) is 18.1 Å². The third kappa shape index (κ3) is 5.49. The lowest BCUT2D eigenvalue weighted by Crippen LogP contribution is -2.33. The summed E-state index contributed by atoms with van der Waals surface area (Å²) in [6.07, 6.45) is 0. The molecule has 4 N–H and O–H groups in total. The van der Waals surface area contributed by atoms with E-state index in [2.05, 4.69) is 4.72 Å². The van der Waals surface area contributed by atoms with Gasteiger partial charge in [0.2, 0.25) is 10.0 Å². The second-order valence-corrected chi connectivity index (χ2v) is 7.15. The first kappa shape index (κ1) is 17.0. The number of aliphatic carboxylic acids is 1. The Bertz CT molecular complexity index is 543. The van der Waals surface area contributed by atoms with E-state index in [1.807, 2.05) is 6.92 Å². The first-order valence-corrected chi connectivity index (χ1v) is 8.59. The Balaban J connectivity index is 2.37. The maximum atomic E-state index is 11.9. The van der Waals surface area contributed by atoms with Gasteiger partial charge in [-0.1, -0.05) is 17.7 Å². The Morgan fingerprint density at radius 2 is 2.00 bits per heavy atom. The van der Waals surface area contributed by atoms with Crippen molar-refractivity contribution in [3.63, 3.8) is 0 Å². The molecule has 0 fully saturated rings. The zero-order chi connectivity index (χ0) is 15.2. The molecule has 112 valence electrons. The normalized spacial score (nSPS) is 13.1. The van der Waals surface area contributed by atoms with Gasteiger partial charge in [-0.05, 0) is 19.1 Å². The number of carbonyl (C=O) groups is 1. The van der Waals surface area contributed by atoms with Crippen LogP contribution in [0.4, 0.5) is 0 Å². The van der Waals surface area contributed by atoms with Gasteiger partial charge >= 0.3 is 5.97 Å². The van der Waals surface area contributed by atoms with E-state index in [1.54, 1.807) is 24.3 Å². The van der Waals surface area contributed by atoms with Gasteiger partial charge in [0.1, 0.15) is 6.04 Å². The minimum Gasteiger partial charge on any atom is -0.480 e. The van der Waals surface area contributed by atoms with Gasteiger partial charge in [0.25, 0.3) is 0 Å². The first-order chi connectivity index (χ1) is 9.33. The summed E-state index contributed by atoms with van der Waals surface area (Å²) in [7, 11) is -3.50. The van der Waals surface area contributed by atoms with E-state index in [9.17, 15) is 13.2 Å². The number of rotatable bonds is 8. The Labute approximate surface area is 122 Å². The van der Waals surface area contributed by atoms with Gasteiger partial charge in [-0.25, -0.2) is 13.1 Å². The predicted molar refractivity (Wildman–Crippen MR) is 79.3 cm³/mol. The van der Waals surface area contributed by atoms with Crippen LogP contribution in [0.5, 0.6) is 0 Å². The Morgan fingerprint density at radius 3 is 2.55 bits per heavy atom. The van der Waals surface area contributed by atoms with E-state index in [4.69, 9.17) is 10.8 Å². The van der Waals surface area contributed by atoms with Crippen molar-refractivity contribution in [3.05, 3.63) is 29.8 Å². The largest absolute Gasteiger partial charge is 0.480 e. The third-order valence-corrected chi connectivity index (χ3v) is 5.05. The smallest absolute Gasteiger partial charge is 0.321 e. The minimum absolute atomic E-state index is 0.218. The quantitative estimate of drug-likeness (QED) is 0.599. The molecule has 20 heavy (non-hydrogen) atoms. The Morgan fingerprint density at radius 1 is 1.40 bits per heavy atom. The zero-order valence-electron chi connectivity index (χ0n) is 11.1. The number of carboxylic acid groups (broad SMARTS) is 1. The van der Waals surface area contributed by atoms with E-state index >= 15 is 0 Å². The van der Waals surface area contributed by atoms with Crippen LogP contribution in [0, 0.1) is 6.92 Å². The van der Waals surface area contributed by atoms with E-state index in [0.717, 1.165) is 5.56 Å². The fourth-order valence-corrected chi connectivity index (χ4v) is 3.30. The van der Waals surface area contributed by atoms with Crippen molar-refractivity contribution >= 4 is 27.8 Å². The number of thioether (sulfide) groups is 1. The second-order valence-electron chi connectivity index (χ2n) is 4.23. The maximum Gasteiger partial charge on any atom is 0.321 e. The predicted octanol–water partition coefficient (Wildman–Crippen LogP) is 0.418. The molecule has 0 saturated carbocycles. The van der Waals surface area contributed by atoms with E-state index in [-0.39, 0.29) is 17.2 Å². The second kappa shape index (κ2) is 7.63. The van der Waals surface area contributed by atoms with E-state index < -0.39 is 22.0 Å². The maximum absolute atomic E-state index is 11.9. The molecule has 0 radical (unpaired) electrons. The summed E-state index contributed by atoms with van der Waals surface area (Å²) in [5.41, 5.74) is 6.32. The number of hydrogen-bond acceptors (Lipinski definition) is 5. The molecule has 0 spiro atoms. The van der Waals surface area contributed by atoms with E-state index in [0.29, 0.717) is 5.75 Å². The van der Waals surface area contributed by atoms with Crippen molar-refractivity contribution < 1.29 is 18.3 Å². The molecule has 8 heteroatoms. The SMILES string of the molecule is Cc1ccc(S(=O)(=O)NCCSC[C@H](N)C(=O)O)cc1. The highest BCUT2D eigenvalue weighted by Crippen LogP contribution is 2.10. The zero-order valence-corrected chi connectivity index (χ0v) is 12.7. The molecular formula is C12H18N2O4S2. The first-order valence-electron chi connectivity index (χ1n) is 5.95. The van der Waals surface area contributed by atoms with Crippen molar-refractivity contribution in [2.45, 2.75) is 17.9 Å². The lowest BCUT2D eigenvalue weighted by atomic mass is 10.2. The van der Waals surface area contributed by atoms with Gasteiger partial charge in [-0.15, -0.1) is 0 Å². The van der Waals surface area contributed by atoms with Crippen LogP contribution in [0.15, 0.2) is 29.2 Å². The number of aryl methyl sites for hydroxylation is 1. The molecule has 0 unspecified atom stereocenters. The van der Waals surface area contributed by atoms with Gasteiger partial charge in [-0.2, -0.15) is 11.8 Å². The summed E-state index contributed by atoms with van der Waals surface area (Å²) >= 11 is 1.30. The van der Waals surface area contributed by atoms with Crippen LogP contribution >= 0.6 is 11.8 Å². The molecule has 1 atom stereocenters. The lowest BCUT2D eigenvalue weighted by molar-refractivity contribution is -0.137. The van der Waals surface area contributed by atoms with Crippen LogP contribution in [-0.4, -0.2) is 43.6 Å². The monoisotopic (exact) mass is 318 g/mol. The molecule has 0 heterocycles. The molecule has 0 aromatic heterocycles. The third-order valence-electron chi connectivity index (χ3n) is 2.48. The molecule has 6 nitrogen and oxygen atoms in total. The minimum atomic E-state index is -3.50. The van der Waals surface area contributed by atoms with Crippen LogP contribution in [0.25, 0.3) is 0 Å². The molecule has 0 aliphatic carbocycles. The number of nitrogens with two attached hydrogens (primary N) is 1. The number of sulfonamides is 1. The fraction of sp³-hybridized carbons (Fsp3) is 0.417. The van der Waals surface area contributed by atoms with E-state index in [1.165, 1.54) is 11.8 Å². The fourth-order valence-electron chi connectivity index (χ4n) is 1.33. The van der Waals surface area contributed by atoms with Crippen molar-refractivity contribution in [3.8, 4) is 0 Å². The summed E-state index contributed by atoms with van der Waals surface area (Å²) in [4.78, 5) is 10.7. The van der Waals surface area contributed by atoms with Crippen LogP contribution in [0.2, 0.25) is 0 Å². The van der Waals surface area contributed by atoms with Gasteiger partial charge in [0, 0.05) is 18.1 Å². The van der Waals surface area contributed by atoms with Gasteiger partial charge in [-0.3, -0.25) is 4.79 Å². The molecule has 1 aromatic carbocycles. The summed E-state index contributed by atoms with van der Waals surface area (Å²) in [5, 5.41) is 8.59. The highest BCUT2D eigenvalue weighted by Gasteiger charge is 2.14. The van der Waals surface area contributed by atoms with Gasteiger partial charge in [0.05, 0.1) is 4.90 Å². The molecular weight excluding hydrogens is 300 g/mol. The summed E-state index contributed by atoms with van der Waals surface area (Å²) in [5.74, 6) is -0.342. The number of hydrogen-bond donors (Lipinski definition) is 3. The molecule has 0 aliphatic rings. The molecule has 0 saturated heterocycles. The highest BCUT2D eigenvalue weighted by atomic mass is 32.2. The molecule has 0 bridgehead atoms. The van der Waals surface area contributed by atoms with Gasteiger partial charge in [0.15, 0.2) is 0 Å². The van der Waals surface area contributed by atoms with Crippen molar-refractivity contribution in [2.24, 2.45) is 5.73 Å². The molecule has 1 rings (SSSR count). The molecule has 0 amide bonds. The highest BCUT2D eigenvalue weighted by molar-refractivity contribution is 7.99. The average Bonchev–Trinajstić information content (AvgIpc) is 2.38. The molecule has 1 aromatic rings. The number of nitrogens with one attached hydrogen (secondary N) is 1. The molecule has 0 aliphatic heterocycles. The topological polar surface area (TPSA) is 109 Å². The van der Waals surface area contributed by atoms with Crippen LogP contribution in [0.3, 0.4) is 0 Å². The van der Waals surface area contributed by atoms with Crippen LogP contribution in [0.1, 0.15) is 5.56 Å². The van der Waals surface area contributed by atoms with Crippen molar-refractivity contribution in [1.29, 1.82) is 0 Å². The summed E-state index contributed by atoms with van der Waals surface area (Å²) in [6.45, 7) is 2.11. The Kier molecular flexibility index (Phi) is 6.47. The summed E-state index contributed by atoms with van der Waals surface area (Å²) in [6, 6.07) is 5.63. The lowest BCUT2D eigenvalue weighted by Gasteiger charge is -2.08.